The number of nitrogens with two attached hydrogens (primary N) is 2. The summed E-state index contributed by atoms with van der Waals surface area (Å²) >= 11 is 0. The molecular weight excluding hydrogens is 320 g/mol. The monoisotopic (exact) mass is 352 g/mol. The Morgan fingerprint density at radius 3 is 2.29 bits per heavy atom. The Morgan fingerprint density at radius 1 is 1.17 bits per heavy atom. The van der Waals surface area contributed by atoms with E-state index >= 15 is 0 Å². The Morgan fingerprint density at radius 2 is 1.79 bits per heavy atom. The Labute approximate surface area is 142 Å². The highest BCUT2D eigenvalue weighted by molar-refractivity contribution is 4.97. The van der Waals surface area contributed by atoms with Crippen molar-refractivity contribution in [1.29, 1.82) is 0 Å². The molecule has 0 radical (unpaired) electrons. The first kappa shape index (κ1) is 21.7. The largest absolute Gasteiger partial charge is 0.412 e. The second-order valence-electron chi connectivity index (χ2n) is 7.48. The van der Waals surface area contributed by atoms with Gasteiger partial charge >= 0.3 is 0 Å². The van der Waals surface area contributed by atoms with E-state index in [4.69, 9.17) is 25.7 Å². The number of aliphatic hydroxyl groups excluding tert-OH is 3. The first-order valence-electron chi connectivity index (χ1n) is 8.08. The van der Waals surface area contributed by atoms with E-state index in [1.54, 1.807) is 0 Å². The zero-order chi connectivity index (χ0) is 17.4. The van der Waals surface area contributed by atoms with Crippen molar-refractivity contribution >= 4 is 0 Å². The van der Waals surface area contributed by atoms with Crippen LogP contribution in [-0.4, -0.2) is 82.9 Å². The summed E-state index contributed by atoms with van der Waals surface area (Å²) in [6, 6.07) is -0.548. The summed E-state index contributed by atoms with van der Waals surface area (Å²) in [6.07, 6.45) is -4.62. The molecule has 2 aliphatic heterocycles. The zero-order valence-electron chi connectivity index (χ0n) is 14.5. The molecule has 4 unspecified atom stereocenters. The van der Waals surface area contributed by atoms with E-state index in [9.17, 15) is 15.3 Å². The fraction of sp³-hybridized carbons (Fsp3) is 1.00. The molecule has 0 aliphatic carbocycles. The van der Waals surface area contributed by atoms with Crippen molar-refractivity contribution in [1.82, 2.24) is 0 Å². The maximum Gasteiger partial charge on any atom is 0.173 e. The van der Waals surface area contributed by atoms with Gasteiger partial charge in [-0.2, -0.15) is 0 Å². The van der Waals surface area contributed by atoms with Crippen molar-refractivity contribution in [2.75, 3.05) is 13.2 Å². The first-order chi connectivity index (χ1) is 10.7. The van der Waals surface area contributed by atoms with E-state index in [0.717, 1.165) is 0 Å². The fourth-order valence-electron chi connectivity index (χ4n) is 3.18. The van der Waals surface area contributed by atoms with Gasteiger partial charge in [0, 0.05) is 6.54 Å². The maximum atomic E-state index is 10.5. The molecular formula is C15H32N2O7. The van der Waals surface area contributed by atoms with Gasteiger partial charge in [-0.05, 0) is 11.8 Å². The van der Waals surface area contributed by atoms with E-state index in [1.807, 2.05) is 20.8 Å². The lowest BCUT2D eigenvalue weighted by molar-refractivity contribution is -0.257. The number of ether oxygens (including phenoxy) is 3. The zero-order valence-corrected chi connectivity index (χ0v) is 14.5. The van der Waals surface area contributed by atoms with Gasteiger partial charge in [0.1, 0.15) is 18.3 Å². The average molecular weight is 352 g/mol. The lowest BCUT2D eigenvalue weighted by Crippen LogP contribution is -2.56. The topological polar surface area (TPSA) is 172 Å². The standard InChI is InChI=1S/C15H30N2O6.H2O/c1-15(2,3)13-11(20)12(10(6-18)21-13)23-14-7(17)4-8(19)9(5-16)22-14;/h7-14,18-20H,4-6,16-17H2,1-3H3;1H2/t7?,8?,9-,10+,11?,12-,13+,14?;/m0./s1. The van der Waals surface area contributed by atoms with E-state index in [-0.39, 0.29) is 24.0 Å². The second-order valence-corrected chi connectivity index (χ2v) is 7.48. The van der Waals surface area contributed by atoms with Crippen LogP contribution in [0.25, 0.3) is 0 Å². The van der Waals surface area contributed by atoms with Gasteiger partial charge in [0.15, 0.2) is 6.29 Å². The van der Waals surface area contributed by atoms with Crippen LogP contribution in [0.2, 0.25) is 0 Å². The predicted octanol–water partition coefficient (Wildman–Crippen LogP) is -2.52. The SMILES string of the molecule is CC(C)(C)[C@@H]1O[C@H](CO)[C@H](OC2O[C@@H](CN)C(O)CC2N)C1O.O. The molecule has 2 aliphatic rings. The highest BCUT2D eigenvalue weighted by Crippen LogP contribution is 2.36. The van der Waals surface area contributed by atoms with E-state index < -0.39 is 49.0 Å². The number of hydrogen-bond donors (Lipinski definition) is 5. The molecule has 0 bridgehead atoms. The summed E-state index contributed by atoms with van der Waals surface area (Å²) in [4.78, 5) is 0. The molecule has 144 valence electrons. The van der Waals surface area contributed by atoms with E-state index in [0.29, 0.717) is 6.42 Å². The third-order valence-corrected chi connectivity index (χ3v) is 4.49. The summed E-state index contributed by atoms with van der Waals surface area (Å²) in [5.41, 5.74) is 11.2. The molecule has 0 aromatic carbocycles. The molecule has 8 atom stereocenters. The minimum atomic E-state index is -0.911. The van der Waals surface area contributed by atoms with Crippen molar-refractivity contribution < 1.29 is 35.0 Å². The highest BCUT2D eigenvalue weighted by Gasteiger charge is 2.50. The summed E-state index contributed by atoms with van der Waals surface area (Å²) in [5, 5.41) is 29.9. The number of rotatable bonds is 4. The van der Waals surface area contributed by atoms with Crippen LogP contribution in [0.4, 0.5) is 0 Å². The van der Waals surface area contributed by atoms with Crippen LogP contribution in [0.3, 0.4) is 0 Å². The minimum Gasteiger partial charge on any atom is -0.412 e. The Bertz CT molecular complexity index is 393. The summed E-state index contributed by atoms with van der Waals surface area (Å²) in [5.74, 6) is 0. The molecule has 9 heteroatoms. The first-order valence-corrected chi connectivity index (χ1v) is 8.08. The van der Waals surface area contributed by atoms with Crippen molar-refractivity contribution in [3.63, 3.8) is 0 Å². The smallest absolute Gasteiger partial charge is 0.173 e. The Kier molecular flexibility index (Phi) is 7.54. The summed E-state index contributed by atoms with van der Waals surface area (Å²) in [6.45, 7) is 5.70. The Balaban J connectivity index is 0.00000288. The van der Waals surface area contributed by atoms with Gasteiger partial charge in [0.25, 0.3) is 0 Å². The molecule has 0 aromatic heterocycles. The quantitative estimate of drug-likeness (QED) is 0.368. The van der Waals surface area contributed by atoms with Gasteiger partial charge in [-0.15, -0.1) is 0 Å². The molecule has 2 heterocycles. The summed E-state index contributed by atoms with van der Waals surface area (Å²) in [7, 11) is 0. The molecule has 2 rings (SSSR count). The van der Waals surface area contributed by atoms with Crippen LogP contribution >= 0.6 is 0 Å². The second kappa shape index (κ2) is 8.35. The van der Waals surface area contributed by atoms with Gasteiger partial charge in [0.2, 0.25) is 0 Å². The van der Waals surface area contributed by atoms with E-state index in [1.165, 1.54) is 0 Å². The van der Waals surface area contributed by atoms with Crippen LogP contribution in [0, 0.1) is 5.41 Å². The van der Waals surface area contributed by atoms with Crippen LogP contribution in [-0.2, 0) is 14.2 Å². The molecule has 9 nitrogen and oxygen atoms in total. The highest BCUT2D eigenvalue weighted by atomic mass is 16.7. The average Bonchev–Trinajstić information content (AvgIpc) is 2.78. The lowest BCUT2D eigenvalue weighted by Gasteiger charge is -2.39. The van der Waals surface area contributed by atoms with Crippen LogP contribution in [0.1, 0.15) is 27.2 Å². The van der Waals surface area contributed by atoms with Gasteiger partial charge in [0.05, 0.1) is 31.0 Å². The van der Waals surface area contributed by atoms with Crippen molar-refractivity contribution in [3.8, 4) is 0 Å². The molecule has 24 heavy (non-hydrogen) atoms. The molecule has 2 fully saturated rings. The number of aliphatic hydroxyl groups is 3. The molecule has 0 spiro atoms. The summed E-state index contributed by atoms with van der Waals surface area (Å²) < 4.78 is 17.2. The third-order valence-electron chi connectivity index (χ3n) is 4.49. The predicted molar refractivity (Wildman–Crippen MR) is 86.0 cm³/mol. The van der Waals surface area contributed by atoms with Gasteiger partial charge in [-0.1, -0.05) is 20.8 Å². The van der Waals surface area contributed by atoms with Gasteiger partial charge in [-0.25, -0.2) is 0 Å². The van der Waals surface area contributed by atoms with Gasteiger partial charge < -0.3 is 46.5 Å². The maximum absolute atomic E-state index is 10.5. The lowest BCUT2D eigenvalue weighted by atomic mass is 9.85. The molecule has 0 saturated carbocycles. The third kappa shape index (κ3) is 4.43. The minimum absolute atomic E-state index is 0. The normalized spacial score (nSPS) is 43.5. The van der Waals surface area contributed by atoms with Crippen LogP contribution in [0.15, 0.2) is 0 Å². The molecule has 0 aromatic rings. The Hall–Kier alpha value is -0.360. The van der Waals surface area contributed by atoms with Crippen molar-refractivity contribution in [2.24, 2.45) is 16.9 Å². The van der Waals surface area contributed by atoms with Crippen LogP contribution in [0.5, 0.6) is 0 Å². The van der Waals surface area contributed by atoms with E-state index in [2.05, 4.69) is 0 Å². The van der Waals surface area contributed by atoms with Crippen molar-refractivity contribution in [3.05, 3.63) is 0 Å². The molecule has 9 N–H and O–H groups in total. The van der Waals surface area contributed by atoms with Crippen LogP contribution < -0.4 is 11.5 Å². The number of hydrogen-bond acceptors (Lipinski definition) is 8. The molecule has 0 amide bonds. The van der Waals surface area contributed by atoms with Crippen molar-refractivity contribution in [2.45, 2.75) is 76.1 Å². The fourth-order valence-corrected chi connectivity index (χ4v) is 3.18. The van der Waals surface area contributed by atoms with Gasteiger partial charge in [-0.3, -0.25) is 0 Å². The molecule has 2 saturated heterocycles.